The number of carbonyl (C=O) groups excluding carboxylic acids is 5. The third kappa shape index (κ3) is 21.2. The zero-order chi connectivity index (χ0) is 84.1. The van der Waals surface area contributed by atoms with Gasteiger partial charge >= 0.3 is 0 Å². The van der Waals surface area contributed by atoms with Gasteiger partial charge in [0.05, 0.1) is 59.0 Å². The highest BCUT2D eigenvalue weighted by atomic mass is 16.8. The molecule has 9 saturated heterocycles. The average molecular weight is 1670 g/mol. The first-order chi connectivity index (χ1) is 53.8. The van der Waals surface area contributed by atoms with E-state index in [2.05, 4.69) is 26.6 Å². The molecule has 658 valence electrons. The summed E-state index contributed by atoms with van der Waals surface area (Å²) in [5.41, 5.74) is 0. The van der Waals surface area contributed by atoms with Crippen LogP contribution >= 0.6 is 0 Å². The van der Waals surface area contributed by atoms with Crippen molar-refractivity contribution in [3.63, 3.8) is 0 Å². The van der Waals surface area contributed by atoms with Crippen molar-refractivity contribution < 1.29 is 222 Å². The zero-order valence-electron chi connectivity index (χ0n) is 61.9. The SMILES string of the molecule is CC(=O)N[C@H]1[C@H](O[C@H]2[C@H](O)[C@@H](NC(C)=O)C(O)O[C@@H]2CO[C@@H]2O[C@@H](C)[C@@H](O)[C@@H](O)[C@@H]2O)O[C@H](CO)[C@@H](O[C@@H]2O[C@H](CO[C@H]3O[C@H](CO)[C@@H](O)[C@H](O)[C@@H]3O[C@@H]3O[C@H](CO)[C@@H](O)[C@H](O)[C@H]3NC(C)=O)[C@@H](O)[C@H](O[C@H]3O[C@H](CO[C@@H]4O[C@H](CO)[C@@H](O)[C@H](O)[C@H]4NC(C)=O)[C@@H](O)[C@H](O)[C@@H]3O[C@@H]3O[C@H](CO)[C@@H](O)[C@H](O)[C@H]3NC(C)=O)[C@@H]2O)[C@@H]1O. The standard InChI is InChI=1S/C64H107N5O45/c1-15-34(80)46(92)49(95)61(101-15)99-14-28-52(44(90)29(56(97)102-28)65-16(2)75)110-60-33(69-20(6)79)45(91)51(25(11-74)107-60)111-62-50(96)53(40(86)27(108-62)13-100-63-54(47(93)38(84)24(10-73)106-63)113-58-31(67-18(4)77)42(88)36(82)22(8-71)104-58)112-64-55(114-59-32(68-19(5)78)43(89)37(83)23(9-72)105-59)48(94)39(85)26(109-64)12-98-57-30(66-17(3)76)41(87)35(81)21(7-70)103-57/h15,21-64,70-74,80-97H,7-14H2,1-6H3,(H,65,75)(H,66,76)(H,67,77)(H,68,78)(H,69,79)/t15-,21+,22+,23+,24+,25+,26+,27+,28+,29+,30+,31+,32+,33+,34+,35+,36+,37+,38+,39+,40+,41+,42+,43+,44+,45+,46+,47-,48-,49-,50-,51+,52+,53-,54-,55-,56?,57+,58-,59-,60-,61+,62-,63-,64+/m0/s1. The minimum atomic E-state index is -2.62. The largest absolute Gasteiger partial charge is 0.394 e. The quantitative estimate of drug-likeness (QED) is 0.0331. The highest BCUT2D eigenvalue weighted by Gasteiger charge is 2.60. The number of rotatable bonds is 29. The average Bonchev–Trinajstić information content (AvgIpc) is 0.766. The summed E-state index contributed by atoms with van der Waals surface area (Å²) in [5, 5.41) is 270. The lowest BCUT2D eigenvalue weighted by molar-refractivity contribution is -0.397. The third-order valence-corrected chi connectivity index (χ3v) is 20.7. The van der Waals surface area contributed by atoms with Crippen molar-refractivity contribution in [2.45, 2.75) is 318 Å². The number of carbonyl (C=O) groups is 5. The lowest BCUT2D eigenvalue weighted by Gasteiger charge is -2.51. The minimum absolute atomic E-state index is 0.816. The molecule has 9 aliphatic rings. The maximum Gasteiger partial charge on any atom is 0.217 e. The first-order valence-electron chi connectivity index (χ1n) is 36.5. The summed E-state index contributed by atoms with van der Waals surface area (Å²) in [6.07, 6.45) is -81.8. The number of amides is 5. The van der Waals surface area contributed by atoms with E-state index in [4.69, 9.17) is 80.5 Å². The van der Waals surface area contributed by atoms with Crippen LogP contribution in [0.15, 0.2) is 0 Å². The van der Waals surface area contributed by atoms with Gasteiger partial charge in [0.1, 0.15) is 213 Å². The van der Waals surface area contributed by atoms with E-state index in [1.54, 1.807) is 0 Å². The van der Waals surface area contributed by atoms with Gasteiger partial charge in [0, 0.05) is 34.6 Å². The summed E-state index contributed by atoms with van der Waals surface area (Å²) < 4.78 is 102. The molecule has 9 rings (SSSR count). The number of hydrogen-bond acceptors (Lipinski definition) is 45. The van der Waals surface area contributed by atoms with Gasteiger partial charge in [-0.15, -0.1) is 0 Å². The molecule has 0 aromatic heterocycles. The van der Waals surface area contributed by atoms with Crippen molar-refractivity contribution in [3.8, 4) is 0 Å². The minimum Gasteiger partial charge on any atom is -0.394 e. The van der Waals surface area contributed by atoms with Crippen molar-refractivity contribution in [2.75, 3.05) is 52.9 Å². The van der Waals surface area contributed by atoms with E-state index in [9.17, 15) is 141 Å². The fourth-order valence-electron chi connectivity index (χ4n) is 14.6. The highest BCUT2D eigenvalue weighted by molar-refractivity contribution is 5.75. The van der Waals surface area contributed by atoms with Gasteiger partial charge in [0.25, 0.3) is 0 Å². The van der Waals surface area contributed by atoms with E-state index in [-0.39, 0.29) is 0 Å². The lowest BCUT2D eigenvalue weighted by Crippen LogP contribution is -2.71. The van der Waals surface area contributed by atoms with Crippen LogP contribution in [0.2, 0.25) is 0 Å². The van der Waals surface area contributed by atoms with E-state index in [0.29, 0.717) is 0 Å². The Morgan fingerprint density at radius 3 is 1.02 bits per heavy atom. The Bertz CT molecular complexity index is 3080. The normalized spacial score (nSPS) is 48.2. The molecule has 0 saturated carbocycles. The van der Waals surface area contributed by atoms with E-state index in [1.807, 2.05) is 0 Å². The smallest absolute Gasteiger partial charge is 0.217 e. The van der Waals surface area contributed by atoms with Gasteiger partial charge in [0.15, 0.2) is 56.6 Å². The van der Waals surface area contributed by atoms with Gasteiger partial charge in [0.2, 0.25) is 29.5 Å². The summed E-state index contributed by atoms with van der Waals surface area (Å²) in [7, 11) is 0. The first-order valence-corrected chi connectivity index (χ1v) is 36.5. The molecule has 50 heteroatoms. The predicted molar refractivity (Wildman–Crippen MR) is 354 cm³/mol. The van der Waals surface area contributed by atoms with Crippen LogP contribution in [-0.4, -0.2) is 476 Å². The van der Waals surface area contributed by atoms with Crippen LogP contribution in [0.25, 0.3) is 0 Å². The summed E-state index contributed by atoms with van der Waals surface area (Å²) >= 11 is 0. The molecule has 28 N–H and O–H groups in total. The van der Waals surface area contributed by atoms with Gasteiger partial charge in [-0.3, -0.25) is 24.0 Å². The number of hydrogen-bond donors (Lipinski definition) is 28. The zero-order valence-corrected chi connectivity index (χ0v) is 61.9. The van der Waals surface area contributed by atoms with Crippen molar-refractivity contribution in [2.24, 2.45) is 0 Å². The summed E-state index contributed by atoms with van der Waals surface area (Å²) in [4.78, 5) is 63.3. The second-order valence-corrected chi connectivity index (χ2v) is 29.0. The number of aliphatic hydroxyl groups excluding tert-OH is 23. The Morgan fingerprint density at radius 2 is 0.553 bits per heavy atom. The molecule has 45 atom stereocenters. The molecule has 5 amide bonds. The van der Waals surface area contributed by atoms with Crippen LogP contribution in [0.4, 0.5) is 0 Å². The summed E-state index contributed by atoms with van der Waals surface area (Å²) in [6.45, 7) is -2.22. The lowest BCUT2D eigenvalue weighted by atomic mass is 9.93. The molecule has 50 nitrogen and oxygen atoms in total. The molecule has 0 radical (unpaired) electrons. The molecule has 0 aliphatic carbocycles. The Morgan fingerprint density at radius 1 is 0.246 bits per heavy atom. The maximum absolute atomic E-state index is 13.2. The van der Waals surface area contributed by atoms with Crippen molar-refractivity contribution in [1.29, 1.82) is 0 Å². The Hall–Kier alpha value is -4.25. The van der Waals surface area contributed by atoms with Crippen molar-refractivity contribution in [1.82, 2.24) is 26.6 Å². The number of ether oxygens (including phenoxy) is 17. The van der Waals surface area contributed by atoms with Crippen LogP contribution < -0.4 is 26.6 Å². The van der Waals surface area contributed by atoms with E-state index >= 15 is 0 Å². The fourth-order valence-corrected chi connectivity index (χ4v) is 14.6. The third-order valence-electron chi connectivity index (χ3n) is 20.7. The Balaban J connectivity index is 1.09. The molecule has 0 spiro atoms. The Kier molecular flexibility index (Phi) is 33.6. The second kappa shape index (κ2) is 40.9. The molecule has 0 aromatic carbocycles. The van der Waals surface area contributed by atoms with Crippen LogP contribution in [0.1, 0.15) is 41.5 Å². The van der Waals surface area contributed by atoms with Gasteiger partial charge in [-0.2, -0.15) is 0 Å². The van der Waals surface area contributed by atoms with Crippen LogP contribution in [0, 0.1) is 0 Å². The molecule has 0 aromatic rings. The van der Waals surface area contributed by atoms with Gasteiger partial charge < -0.3 is 225 Å². The second-order valence-electron chi connectivity index (χ2n) is 29.0. The molecule has 9 aliphatic heterocycles. The summed E-state index contributed by atoms with van der Waals surface area (Å²) in [5.74, 6) is -4.39. The van der Waals surface area contributed by atoms with Crippen molar-refractivity contribution >= 4 is 29.5 Å². The van der Waals surface area contributed by atoms with E-state index in [1.165, 1.54) is 6.92 Å². The molecular formula is C64H107N5O45. The topological polar surface area (TPSA) is 768 Å². The first kappa shape index (κ1) is 93.6. The van der Waals surface area contributed by atoms with Gasteiger partial charge in [-0.1, -0.05) is 0 Å². The van der Waals surface area contributed by atoms with E-state index < -0.39 is 358 Å². The molecule has 0 bridgehead atoms. The van der Waals surface area contributed by atoms with Crippen molar-refractivity contribution in [3.05, 3.63) is 0 Å². The van der Waals surface area contributed by atoms with Gasteiger partial charge in [-0.25, -0.2) is 0 Å². The predicted octanol–water partition coefficient (Wildman–Crippen LogP) is -18.9. The van der Waals surface area contributed by atoms with Crippen LogP contribution in [0.5, 0.6) is 0 Å². The number of aliphatic hydroxyl groups is 23. The number of nitrogens with one attached hydrogen (secondary N) is 5. The Labute approximate surface area is 646 Å². The summed E-state index contributed by atoms with van der Waals surface area (Å²) in [6, 6.07) is -9.02. The monoisotopic (exact) mass is 1670 g/mol. The maximum atomic E-state index is 13.2. The fraction of sp³-hybridized carbons (Fsp3) is 0.922. The molecule has 9 heterocycles. The molecule has 114 heavy (non-hydrogen) atoms. The van der Waals surface area contributed by atoms with Crippen LogP contribution in [0.3, 0.4) is 0 Å². The molecule has 9 fully saturated rings. The highest BCUT2D eigenvalue weighted by Crippen LogP contribution is 2.39. The van der Waals surface area contributed by atoms with Crippen LogP contribution in [-0.2, 0) is 104 Å². The van der Waals surface area contributed by atoms with E-state index in [0.717, 1.165) is 34.6 Å². The molecular weight excluding hydrogens is 1560 g/mol. The molecule has 1 unspecified atom stereocenters. The van der Waals surface area contributed by atoms with Gasteiger partial charge in [-0.05, 0) is 6.92 Å².